The number of pyridine rings is 1. The number of aromatic nitrogens is 1. The first-order chi connectivity index (χ1) is 14.5. The molecule has 1 aliphatic heterocycles. The lowest BCUT2D eigenvalue weighted by Crippen LogP contribution is -2.39. The summed E-state index contributed by atoms with van der Waals surface area (Å²) in [6.07, 6.45) is 4.56. The van der Waals surface area contributed by atoms with Gasteiger partial charge in [-0.25, -0.2) is 12.7 Å². The minimum Gasteiger partial charge on any atom is -0.355 e. The molecule has 1 unspecified atom stereocenters. The van der Waals surface area contributed by atoms with E-state index in [2.05, 4.69) is 15.2 Å². The average Bonchev–Trinajstić information content (AvgIpc) is 2.80. The van der Waals surface area contributed by atoms with Gasteiger partial charge in [0.1, 0.15) is 0 Å². The molecule has 0 spiro atoms. The predicted molar refractivity (Wildman–Crippen MR) is 117 cm³/mol. The predicted octanol–water partition coefficient (Wildman–Crippen LogP) is 2.19. The second-order valence-electron chi connectivity index (χ2n) is 7.46. The Balaban J connectivity index is 1.88. The van der Waals surface area contributed by atoms with Crippen LogP contribution in [0.1, 0.15) is 36.9 Å². The summed E-state index contributed by atoms with van der Waals surface area (Å²) in [7, 11) is -3.31. The molecule has 1 N–H and O–H groups in total. The van der Waals surface area contributed by atoms with Crippen molar-refractivity contribution in [3.8, 4) is 0 Å². The van der Waals surface area contributed by atoms with Crippen molar-refractivity contribution in [3.05, 3.63) is 66.0 Å². The maximum atomic E-state index is 12.7. The molecule has 1 saturated heterocycles. The quantitative estimate of drug-likeness (QED) is 0.786. The molecule has 0 bridgehead atoms. The van der Waals surface area contributed by atoms with Crippen molar-refractivity contribution in [1.82, 2.24) is 19.5 Å². The van der Waals surface area contributed by atoms with Gasteiger partial charge in [-0.2, -0.15) is 0 Å². The van der Waals surface area contributed by atoms with Gasteiger partial charge in [-0.1, -0.05) is 30.3 Å². The fourth-order valence-electron chi connectivity index (χ4n) is 3.79. The summed E-state index contributed by atoms with van der Waals surface area (Å²) in [6.45, 7) is 4.08. The largest absolute Gasteiger partial charge is 0.355 e. The Labute approximate surface area is 179 Å². The summed E-state index contributed by atoms with van der Waals surface area (Å²) in [5.74, 6) is -0.00626. The highest BCUT2D eigenvalue weighted by atomic mass is 32.2. The maximum Gasteiger partial charge on any atom is 0.221 e. The highest BCUT2D eigenvalue weighted by Crippen LogP contribution is 2.27. The number of hydrogen-bond donors (Lipinski definition) is 1. The Kier molecular flexibility index (Phi) is 7.95. The summed E-state index contributed by atoms with van der Waals surface area (Å²) in [4.78, 5) is 19.1. The van der Waals surface area contributed by atoms with Crippen molar-refractivity contribution in [3.63, 3.8) is 0 Å². The van der Waals surface area contributed by atoms with Crippen LogP contribution in [0.3, 0.4) is 0 Å². The summed E-state index contributed by atoms with van der Waals surface area (Å²) in [5, 5.41) is 2.91. The first kappa shape index (κ1) is 22.4. The maximum absolute atomic E-state index is 12.7. The molecule has 162 valence electrons. The lowest BCUT2D eigenvalue weighted by molar-refractivity contribution is -0.122. The Morgan fingerprint density at radius 3 is 2.50 bits per heavy atom. The molecule has 30 heavy (non-hydrogen) atoms. The highest BCUT2D eigenvalue weighted by molar-refractivity contribution is 7.89. The van der Waals surface area contributed by atoms with Crippen LogP contribution in [0.15, 0.2) is 54.9 Å². The molecular weight excluding hydrogens is 400 g/mol. The van der Waals surface area contributed by atoms with E-state index in [4.69, 9.17) is 0 Å². The third-order valence-electron chi connectivity index (χ3n) is 5.43. The van der Waals surface area contributed by atoms with Crippen LogP contribution in [0.2, 0.25) is 0 Å². The van der Waals surface area contributed by atoms with Gasteiger partial charge < -0.3 is 5.32 Å². The van der Waals surface area contributed by atoms with Gasteiger partial charge in [0, 0.05) is 57.6 Å². The topological polar surface area (TPSA) is 82.6 Å². The number of carbonyl (C=O) groups excluding carboxylic acids is 1. The van der Waals surface area contributed by atoms with Crippen LogP contribution in [0, 0.1) is 0 Å². The van der Waals surface area contributed by atoms with Crippen LogP contribution in [0.25, 0.3) is 0 Å². The van der Waals surface area contributed by atoms with Crippen molar-refractivity contribution in [2.45, 2.75) is 32.4 Å². The van der Waals surface area contributed by atoms with Gasteiger partial charge in [-0.3, -0.25) is 14.7 Å². The lowest BCUT2D eigenvalue weighted by atomic mass is 10.0. The Hall–Kier alpha value is -2.29. The van der Waals surface area contributed by atoms with Gasteiger partial charge in [0.2, 0.25) is 15.9 Å². The molecule has 0 aliphatic carbocycles. The van der Waals surface area contributed by atoms with E-state index in [1.165, 1.54) is 4.31 Å². The molecule has 2 heterocycles. The summed E-state index contributed by atoms with van der Waals surface area (Å²) >= 11 is 0. The third-order valence-corrected chi connectivity index (χ3v) is 7.31. The van der Waals surface area contributed by atoms with E-state index in [0.29, 0.717) is 45.6 Å². The molecule has 7 nitrogen and oxygen atoms in total. The molecule has 8 heteroatoms. The molecule has 1 fully saturated rings. The molecule has 1 aromatic carbocycles. The van der Waals surface area contributed by atoms with E-state index < -0.39 is 10.0 Å². The van der Waals surface area contributed by atoms with Crippen molar-refractivity contribution >= 4 is 15.9 Å². The number of hydrogen-bond acceptors (Lipinski definition) is 5. The SMILES string of the molecule is CCS(=O)(=O)N1CCCN(Cc2ccncc2)C(c2ccccc2)CC(=O)NCC1. The van der Waals surface area contributed by atoms with E-state index in [1.807, 2.05) is 42.5 Å². The molecule has 0 saturated carbocycles. The van der Waals surface area contributed by atoms with Crippen LogP contribution < -0.4 is 5.32 Å². The number of benzene rings is 1. The van der Waals surface area contributed by atoms with Gasteiger partial charge in [0.15, 0.2) is 0 Å². The van der Waals surface area contributed by atoms with Crippen molar-refractivity contribution in [1.29, 1.82) is 0 Å². The van der Waals surface area contributed by atoms with Crippen LogP contribution in [0.4, 0.5) is 0 Å². The van der Waals surface area contributed by atoms with Crippen LogP contribution in [0.5, 0.6) is 0 Å². The molecule has 1 aliphatic rings. The number of carbonyl (C=O) groups is 1. The smallest absolute Gasteiger partial charge is 0.221 e. The molecule has 2 aromatic rings. The van der Waals surface area contributed by atoms with Gasteiger partial charge in [-0.15, -0.1) is 0 Å². The van der Waals surface area contributed by atoms with Crippen LogP contribution in [-0.4, -0.2) is 60.4 Å². The number of rotatable bonds is 5. The Morgan fingerprint density at radius 1 is 1.07 bits per heavy atom. The van der Waals surface area contributed by atoms with Gasteiger partial charge in [0.25, 0.3) is 0 Å². The first-order valence-electron chi connectivity index (χ1n) is 10.4. The minimum atomic E-state index is -3.31. The molecule has 1 amide bonds. The first-order valence-corrected chi connectivity index (χ1v) is 12.0. The normalized spacial score (nSPS) is 20.3. The average molecular weight is 431 g/mol. The number of nitrogens with one attached hydrogen (secondary N) is 1. The van der Waals surface area contributed by atoms with Gasteiger partial charge in [-0.05, 0) is 36.6 Å². The van der Waals surface area contributed by atoms with Crippen molar-refractivity contribution in [2.75, 3.05) is 31.9 Å². The zero-order chi connectivity index (χ0) is 21.4. The number of nitrogens with zero attached hydrogens (tertiary/aromatic N) is 3. The second kappa shape index (κ2) is 10.7. The standard InChI is InChI=1S/C22H30N4O3S/c1-2-30(28,29)26-15-6-14-25(18-19-9-11-23-12-10-19)21(17-22(27)24-13-16-26)20-7-4-3-5-8-20/h3-5,7-12,21H,2,6,13-18H2,1H3,(H,24,27). The number of amides is 1. The summed E-state index contributed by atoms with van der Waals surface area (Å²) in [6, 6.07) is 13.9. The second-order valence-corrected chi connectivity index (χ2v) is 9.72. The zero-order valence-electron chi connectivity index (χ0n) is 17.4. The molecule has 3 rings (SSSR count). The molecular formula is C22H30N4O3S. The minimum absolute atomic E-state index is 0.0638. The lowest BCUT2D eigenvalue weighted by Gasteiger charge is -2.32. The van der Waals surface area contributed by atoms with E-state index in [0.717, 1.165) is 11.1 Å². The summed E-state index contributed by atoms with van der Waals surface area (Å²) in [5.41, 5.74) is 2.19. The zero-order valence-corrected chi connectivity index (χ0v) is 18.2. The highest BCUT2D eigenvalue weighted by Gasteiger charge is 2.26. The summed E-state index contributed by atoms with van der Waals surface area (Å²) < 4.78 is 26.4. The Bertz CT molecular complexity index is 906. The van der Waals surface area contributed by atoms with Crippen LogP contribution in [-0.2, 0) is 21.4 Å². The van der Waals surface area contributed by atoms with E-state index in [9.17, 15) is 13.2 Å². The fraction of sp³-hybridized carbons (Fsp3) is 0.455. The molecule has 0 radical (unpaired) electrons. The van der Waals surface area contributed by atoms with Gasteiger partial charge >= 0.3 is 0 Å². The third kappa shape index (κ3) is 6.10. The van der Waals surface area contributed by atoms with Crippen LogP contribution >= 0.6 is 0 Å². The van der Waals surface area contributed by atoms with E-state index >= 15 is 0 Å². The number of sulfonamides is 1. The van der Waals surface area contributed by atoms with Gasteiger partial charge in [0.05, 0.1) is 5.75 Å². The van der Waals surface area contributed by atoms with Crippen molar-refractivity contribution < 1.29 is 13.2 Å². The Morgan fingerprint density at radius 2 is 1.80 bits per heavy atom. The van der Waals surface area contributed by atoms with E-state index in [1.54, 1.807) is 19.3 Å². The van der Waals surface area contributed by atoms with E-state index in [-0.39, 0.29) is 17.7 Å². The van der Waals surface area contributed by atoms with Crippen molar-refractivity contribution in [2.24, 2.45) is 0 Å². The monoisotopic (exact) mass is 430 g/mol. The molecule has 1 atom stereocenters. The fourth-order valence-corrected chi connectivity index (χ4v) is 4.93. The molecule has 1 aromatic heterocycles.